The van der Waals surface area contributed by atoms with E-state index in [1.165, 1.54) is 0 Å². The highest BCUT2D eigenvalue weighted by Crippen LogP contribution is 2.24. The number of imidazole rings is 1. The number of ether oxygens (including phenoxy) is 2. The summed E-state index contributed by atoms with van der Waals surface area (Å²) in [5.41, 5.74) is 0. The van der Waals surface area contributed by atoms with E-state index < -0.39 is 0 Å². The summed E-state index contributed by atoms with van der Waals surface area (Å²) in [6, 6.07) is 9.78. The smallest absolute Gasteiger partial charge is 0.148 e. The van der Waals surface area contributed by atoms with Gasteiger partial charge in [0.15, 0.2) is 0 Å². The first-order valence-electron chi connectivity index (χ1n) is 6.24. The lowest BCUT2D eigenvalue weighted by atomic mass is 10.3. The van der Waals surface area contributed by atoms with Crippen LogP contribution in [0.2, 0.25) is 0 Å². The fourth-order valence-electron chi connectivity index (χ4n) is 2.16. The van der Waals surface area contributed by atoms with E-state index in [1.54, 1.807) is 6.20 Å². The zero-order valence-corrected chi connectivity index (χ0v) is 10.2. The van der Waals surface area contributed by atoms with E-state index in [0.717, 1.165) is 31.0 Å². The zero-order chi connectivity index (χ0) is 12.2. The van der Waals surface area contributed by atoms with E-state index in [9.17, 15) is 0 Å². The Hall–Kier alpha value is -1.81. The first-order chi connectivity index (χ1) is 8.93. The fraction of sp³-hybridized carbons (Fsp3) is 0.357. The Labute approximate surface area is 106 Å². The molecule has 0 amide bonds. The molecule has 0 N–H and O–H groups in total. The van der Waals surface area contributed by atoms with E-state index in [1.807, 2.05) is 36.5 Å². The number of hydrogen-bond donors (Lipinski definition) is 0. The minimum absolute atomic E-state index is 0.127. The number of benzene rings is 1. The van der Waals surface area contributed by atoms with E-state index >= 15 is 0 Å². The van der Waals surface area contributed by atoms with Crippen LogP contribution in [0.1, 0.15) is 24.9 Å². The van der Waals surface area contributed by atoms with Crippen LogP contribution in [0.25, 0.3) is 0 Å². The number of aromatic nitrogens is 2. The van der Waals surface area contributed by atoms with Crippen molar-refractivity contribution in [1.29, 1.82) is 0 Å². The van der Waals surface area contributed by atoms with Crippen molar-refractivity contribution in [2.75, 3.05) is 6.61 Å². The van der Waals surface area contributed by atoms with Crippen LogP contribution in [0, 0.1) is 0 Å². The highest BCUT2D eigenvalue weighted by atomic mass is 16.5. The molecule has 0 spiro atoms. The molecule has 1 aliphatic heterocycles. The molecule has 1 unspecified atom stereocenters. The van der Waals surface area contributed by atoms with Crippen molar-refractivity contribution >= 4 is 0 Å². The van der Waals surface area contributed by atoms with Crippen LogP contribution in [0.4, 0.5) is 0 Å². The number of hydrogen-bond acceptors (Lipinski definition) is 3. The van der Waals surface area contributed by atoms with Crippen LogP contribution in [0.3, 0.4) is 0 Å². The third-order valence-corrected chi connectivity index (χ3v) is 3.08. The molecule has 2 aromatic rings. The highest BCUT2D eigenvalue weighted by Gasteiger charge is 2.19. The summed E-state index contributed by atoms with van der Waals surface area (Å²) >= 11 is 0. The summed E-state index contributed by atoms with van der Waals surface area (Å²) in [5.74, 6) is 1.77. The normalized spacial score (nSPS) is 19.0. The Balaban J connectivity index is 1.68. The van der Waals surface area contributed by atoms with Crippen LogP contribution in [0.15, 0.2) is 42.7 Å². The Morgan fingerprint density at radius 3 is 3.00 bits per heavy atom. The van der Waals surface area contributed by atoms with Gasteiger partial charge in [0, 0.05) is 19.0 Å². The maximum absolute atomic E-state index is 5.71. The lowest BCUT2D eigenvalue weighted by Gasteiger charge is -2.14. The van der Waals surface area contributed by atoms with Crippen LogP contribution in [0.5, 0.6) is 5.75 Å². The molecule has 3 rings (SSSR count). The molecule has 0 saturated carbocycles. The topological polar surface area (TPSA) is 36.3 Å². The van der Waals surface area contributed by atoms with Crippen molar-refractivity contribution in [1.82, 2.24) is 9.55 Å². The van der Waals surface area contributed by atoms with Gasteiger partial charge in [0.1, 0.15) is 24.4 Å². The van der Waals surface area contributed by atoms with Crippen molar-refractivity contribution in [2.24, 2.45) is 0 Å². The molecule has 0 bridgehead atoms. The first-order valence-corrected chi connectivity index (χ1v) is 6.24. The third kappa shape index (κ3) is 2.38. The molecule has 1 atom stereocenters. The predicted octanol–water partition coefficient (Wildman–Crippen LogP) is 2.77. The van der Waals surface area contributed by atoms with Gasteiger partial charge in [-0.1, -0.05) is 18.2 Å². The van der Waals surface area contributed by atoms with E-state index in [-0.39, 0.29) is 6.23 Å². The van der Waals surface area contributed by atoms with Gasteiger partial charge >= 0.3 is 0 Å². The summed E-state index contributed by atoms with van der Waals surface area (Å²) in [5, 5.41) is 0. The lowest BCUT2D eigenvalue weighted by molar-refractivity contribution is 0.0517. The average molecular weight is 244 g/mol. The van der Waals surface area contributed by atoms with Gasteiger partial charge in [0.05, 0.1) is 0 Å². The summed E-state index contributed by atoms with van der Waals surface area (Å²) in [6.45, 7) is 1.30. The van der Waals surface area contributed by atoms with Crippen LogP contribution < -0.4 is 4.74 Å². The quantitative estimate of drug-likeness (QED) is 0.829. The van der Waals surface area contributed by atoms with Gasteiger partial charge in [-0.2, -0.15) is 0 Å². The van der Waals surface area contributed by atoms with E-state index in [2.05, 4.69) is 9.55 Å². The maximum Gasteiger partial charge on any atom is 0.148 e. The Kier molecular flexibility index (Phi) is 3.28. The molecular formula is C14H16N2O2. The van der Waals surface area contributed by atoms with Crippen molar-refractivity contribution in [3.63, 3.8) is 0 Å². The van der Waals surface area contributed by atoms with Crippen molar-refractivity contribution in [3.8, 4) is 5.75 Å². The van der Waals surface area contributed by atoms with Crippen molar-refractivity contribution < 1.29 is 9.47 Å². The number of rotatable bonds is 4. The standard InChI is InChI=1S/C14H16N2O2/c1-2-5-12(6-3-1)18-11-13-15-8-9-16(13)14-7-4-10-17-14/h1-3,5-6,8-9,14H,4,7,10-11H2. The fourth-order valence-corrected chi connectivity index (χ4v) is 2.16. The van der Waals surface area contributed by atoms with Crippen LogP contribution in [-0.2, 0) is 11.3 Å². The largest absolute Gasteiger partial charge is 0.486 e. The van der Waals surface area contributed by atoms with Crippen LogP contribution >= 0.6 is 0 Å². The SMILES string of the molecule is c1ccc(OCc2nccn2C2CCCO2)cc1. The maximum atomic E-state index is 5.71. The minimum atomic E-state index is 0.127. The Morgan fingerprint density at radius 1 is 1.33 bits per heavy atom. The molecule has 1 aromatic carbocycles. The average Bonchev–Trinajstić information content (AvgIpc) is 3.08. The first kappa shape index (κ1) is 11.3. The molecule has 1 aliphatic rings. The van der Waals surface area contributed by atoms with E-state index in [4.69, 9.17) is 9.47 Å². The van der Waals surface area contributed by atoms with Gasteiger partial charge in [-0.3, -0.25) is 0 Å². The summed E-state index contributed by atoms with van der Waals surface area (Å²) in [4.78, 5) is 4.33. The molecule has 0 radical (unpaired) electrons. The molecule has 1 aromatic heterocycles. The molecule has 94 valence electrons. The summed E-state index contributed by atoms with van der Waals surface area (Å²) in [7, 11) is 0. The molecule has 4 nitrogen and oxygen atoms in total. The summed E-state index contributed by atoms with van der Waals surface area (Å²) in [6.07, 6.45) is 6.04. The van der Waals surface area contributed by atoms with Gasteiger partial charge in [-0.15, -0.1) is 0 Å². The van der Waals surface area contributed by atoms with Gasteiger partial charge in [0.25, 0.3) is 0 Å². The van der Waals surface area contributed by atoms with Crippen LogP contribution in [-0.4, -0.2) is 16.2 Å². The lowest BCUT2D eigenvalue weighted by Crippen LogP contribution is -2.12. The molecule has 2 heterocycles. The van der Waals surface area contributed by atoms with Crippen molar-refractivity contribution in [2.45, 2.75) is 25.7 Å². The molecular weight excluding hydrogens is 228 g/mol. The zero-order valence-electron chi connectivity index (χ0n) is 10.2. The predicted molar refractivity (Wildman–Crippen MR) is 67.2 cm³/mol. The number of para-hydroxylation sites is 1. The monoisotopic (exact) mass is 244 g/mol. The molecule has 18 heavy (non-hydrogen) atoms. The Morgan fingerprint density at radius 2 is 2.22 bits per heavy atom. The van der Waals surface area contributed by atoms with Gasteiger partial charge < -0.3 is 14.0 Å². The van der Waals surface area contributed by atoms with Gasteiger partial charge in [-0.05, 0) is 25.0 Å². The molecule has 0 aliphatic carbocycles. The second-order valence-electron chi connectivity index (χ2n) is 4.32. The van der Waals surface area contributed by atoms with E-state index in [0.29, 0.717) is 6.61 Å². The highest BCUT2D eigenvalue weighted by molar-refractivity contribution is 5.21. The molecule has 1 saturated heterocycles. The van der Waals surface area contributed by atoms with Gasteiger partial charge in [-0.25, -0.2) is 4.98 Å². The Bertz CT molecular complexity index is 490. The summed E-state index contributed by atoms with van der Waals surface area (Å²) < 4.78 is 13.4. The van der Waals surface area contributed by atoms with Gasteiger partial charge in [0.2, 0.25) is 0 Å². The number of nitrogens with zero attached hydrogens (tertiary/aromatic N) is 2. The molecule has 4 heteroatoms. The molecule has 1 fully saturated rings. The second kappa shape index (κ2) is 5.23. The van der Waals surface area contributed by atoms with Crippen molar-refractivity contribution in [3.05, 3.63) is 48.5 Å². The third-order valence-electron chi connectivity index (χ3n) is 3.08. The second-order valence-corrected chi connectivity index (χ2v) is 4.32. The minimum Gasteiger partial charge on any atom is -0.486 e.